The first-order valence-electron chi connectivity index (χ1n) is 8.65. The number of sulfonamides is 1. The largest absolute Gasteiger partial charge is 0.497 e. The summed E-state index contributed by atoms with van der Waals surface area (Å²) in [6, 6.07) is 11.5. The molecule has 5 nitrogen and oxygen atoms in total. The fourth-order valence-corrected chi connectivity index (χ4v) is 5.37. The monoisotopic (exact) mass is 370 g/mol. The van der Waals surface area contributed by atoms with E-state index in [4.69, 9.17) is 4.74 Å². The molecule has 26 heavy (non-hydrogen) atoms. The lowest BCUT2D eigenvalue weighted by Gasteiger charge is -2.27. The molecule has 0 fully saturated rings. The Kier molecular flexibility index (Phi) is 4.04. The van der Waals surface area contributed by atoms with E-state index in [-0.39, 0.29) is 0 Å². The molecule has 0 saturated heterocycles. The van der Waals surface area contributed by atoms with Crippen molar-refractivity contribution >= 4 is 20.9 Å². The Balaban J connectivity index is 1.73. The first-order valence-corrected chi connectivity index (χ1v) is 10.1. The molecular weight excluding hydrogens is 348 g/mol. The lowest BCUT2D eigenvalue weighted by molar-refractivity contribution is 0.388. The van der Waals surface area contributed by atoms with Gasteiger partial charge in [0, 0.05) is 23.1 Å². The van der Waals surface area contributed by atoms with E-state index >= 15 is 0 Å². The molecule has 2 heterocycles. The van der Waals surface area contributed by atoms with Crippen molar-refractivity contribution in [1.82, 2.24) is 9.29 Å². The number of nitrogens with zero attached hydrogens (tertiary/aromatic N) is 1. The van der Waals surface area contributed by atoms with Gasteiger partial charge in [0.25, 0.3) is 0 Å². The van der Waals surface area contributed by atoms with Crippen molar-refractivity contribution in [3.63, 3.8) is 0 Å². The number of hydrogen-bond donors (Lipinski definition) is 1. The van der Waals surface area contributed by atoms with Gasteiger partial charge < -0.3 is 9.72 Å². The van der Waals surface area contributed by atoms with Crippen LogP contribution in [0.1, 0.15) is 22.4 Å². The molecule has 0 spiro atoms. The number of aryl methyl sites for hydroxylation is 2. The smallest absolute Gasteiger partial charge is 0.243 e. The van der Waals surface area contributed by atoms with E-state index in [0.717, 1.165) is 33.5 Å². The topological polar surface area (TPSA) is 62.4 Å². The zero-order valence-electron chi connectivity index (χ0n) is 15.2. The summed E-state index contributed by atoms with van der Waals surface area (Å²) in [5.74, 6) is 0.810. The number of ether oxygens (including phenoxy) is 1. The van der Waals surface area contributed by atoms with Gasteiger partial charge in [0.05, 0.1) is 18.6 Å². The highest BCUT2D eigenvalue weighted by Crippen LogP contribution is 2.32. The Morgan fingerprint density at radius 2 is 1.92 bits per heavy atom. The van der Waals surface area contributed by atoms with E-state index in [1.165, 1.54) is 5.56 Å². The molecule has 0 radical (unpaired) electrons. The summed E-state index contributed by atoms with van der Waals surface area (Å²) in [5, 5.41) is 1.11. The molecule has 1 aliphatic heterocycles. The number of benzene rings is 2. The molecule has 0 aliphatic carbocycles. The zero-order valence-corrected chi connectivity index (χ0v) is 16.0. The van der Waals surface area contributed by atoms with Gasteiger partial charge in [0.2, 0.25) is 10.0 Å². The minimum Gasteiger partial charge on any atom is -0.497 e. The van der Waals surface area contributed by atoms with Gasteiger partial charge in [-0.1, -0.05) is 12.1 Å². The van der Waals surface area contributed by atoms with Gasteiger partial charge in [0.1, 0.15) is 5.75 Å². The van der Waals surface area contributed by atoms with E-state index in [0.29, 0.717) is 24.4 Å². The molecule has 0 amide bonds. The quantitative estimate of drug-likeness (QED) is 0.767. The molecule has 0 unspecified atom stereocenters. The molecule has 0 saturated carbocycles. The second-order valence-electron chi connectivity index (χ2n) is 6.85. The molecule has 2 aromatic carbocycles. The van der Waals surface area contributed by atoms with Gasteiger partial charge in [-0.15, -0.1) is 0 Å². The number of aromatic nitrogens is 1. The van der Waals surface area contributed by atoms with Crippen LogP contribution in [0.25, 0.3) is 10.9 Å². The predicted octanol–water partition coefficient (Wildman–Crippen LogP) is 3.54. The number of rotatable bonds is 3. The number of methoxy groups -OCH3 is 1. The summed E-state index contributed by atoms with van der Waals surface area (Å²) in [6.07, 6.45) is 0.687. The third-order valence-electron chi connectivity index (χ3n) is 5.11. The second kappa shape index (κ2) is 6.14. The first kappa shape index (κ1) is 17.1. The number of aromatic amines is 1. The molecule has 4 rings (SSSR count). The summed E-state index contributed by atoms with van der Waals surface area (Å²) < 4.78 is 33.2. The first-order chi connectivity index (χ1) is 12.4. The Bertz CT molecular complexity index is 1100. The average Bonchev–Trinajstić information content (AvgIpc) is 3.00. The number of H-pyrrole nitrogens is 1. The van der Waals surface area contributed by atoms with Crippen LogP contribution >= 0.6 is 0 Å². The number of fused-ring (bicyclic) bond motifs is 3. The number of hydrogen-bond acceptors (Lipinski definition) is 3. The molecule has 6 heteroatoms. The highest BCUT2D eigenvalue weighted by molar-refractivity contribution is 7.89. The van der Waals surface area contributed by atoms with Crippen LogP contribution in [0.3, 0.4) is 0 Å². The molecule has 3 aromatic rings. The fraction of sp³-hybridized carbons (Fsp3) is 0.300. The van der Waals surface area contributed by atoms with Crippen LogP contribution in [0.15, 0.2) is 41.3 Å². The zero-order chi connectivity index (χ0) is 18.5. The SMILES string of the molecule is COc1ccc2[nH]c3c(c2c1)CCN(S(=O)(=O)c1cc(C)ccc1C)C3. The lowest BCUT2D eigenvalue weighted by atomic mass is 10.0. The van der Waals surface area contributed by atoms with Gasteiger partial charge in [-0.25, -0.2) is 8.42 Å². The van der Waals surface area contributed by atoms with Crippen LogP contribution < -0.4 is 4.74 Å². The Morgan fingerprint density at radius 3 is 2.69 bits per heavy atom. The molecule has 136 valence electrons. The van der Waals surface area contributed by atoms with Crippen molar-refractivity contribution in [2.45, 2.75) is 31.7 Å². The standard InChI is InChI=1S/C20H22N2O3S/c1-13-4-5-14(2)20(10-13)26(23,24)22-9-8-16-17-11-15(25-3)6-7-18(17)21-19(16)12-22/h4-7,10-11,21H,8-9,12H2,1-3H3. The maximum absolute atomic E-state index is 13.2. The molecule has 1 aliphatic rings. The van der Waals surface area contributed by atoms with Crippen LogP contribution in [-0.4, -0.2) is 31.4 Å². The highest BCUT2D eigenvalue weighted by Gasteiger charge is 2.31. The van der Waals surface area contributed by atoms with Crippen molar-refractivity contribution in [2.24, 2.45) is 0 Å². The average molecular weight is 370 g/mol. The van der Waals surface area contributed by atoms with Crippen molar-refractivity contribution in [3.8, 4) is 5.75 Å². The maximum atomic E-state index is 13.2. The minimum atomic E-state index is -3.52. The molecular formula is C20H22N2O3S. The summed E-state index contributed by atoms with van der Waals surface area (Å²) in [7, 11) is -1.87. The lowest BCUT2D eigenvalue weighted by Crippen LogP contribution is -2.36. The maximum Gasteiger partial charge on any atom is 0.243 e. The fourth-order valence-electron chi connectivity index (χ4n) is 3.65. The van der Waals surface area contributed by atoms with Gasteiger partial charge in [0.15, 0.2) is 0 Å². The third-order valence-corrected chi connectivity index (χ3v) is 7.10. The molecule has 1 aromatic heterocycles. The van der Waals surface area contributed by atoms with E-state index in [2.05, 4.69) is 4.98 Å². The van der Waals surface area contributed by atoms with Gasteiger partial charge in [-0.05, 0) is 61.2 Å². The van der Waals surface area contributed by atoms with Crippen LogP contribution in [0.4, 0.5) is 0 Å². The van der Waals surface area contributed by atoms with E-state index < -0.39 is 10.0 Å². The van der Waals surface area contributed by atoms with Crippen LogP contribution in [-0.2, 0) is 23.0 Å². The molecule has 0 bridgehead atoms. The Hall–Kier alpha value is -2.31. The second-order valence-corrected chi connectivity index (χ2v) is 8.76. The third kappa shape index (κ3) is 2.70. The van der Waals surface area contributed by atoms with Gasteiger partial charge in [-0.3, -0.25) is 0 Å². The Labute approximate surface area is 153 Å². The van der Waals surface area contributed by atoms with Gasteiger partial charge >= 0.3 is 0 Å². The molecule has 1 N–H and O–H groups in total. The highest BCUT2D eigenvalue weighted by atomic mass is 32.2. The van der Waals surface area contributed by atoms with Crippen molar-refractivity contribution < 1.29 is 13.2 Å². The summed E-state index contributed by atoms with van der Waals surface area (Å²) in [5.41, 5.74) is 4.90. The molecule has 0 atom stereocenters. The van der Waals surface area contributed by atoms with E-state index in [1.807, 2.05) is 44.2 Å². The van der Waals surface area contributed by atoms with Crippen molar-refractivity contribution in [1.29, 1.82) is 0 Å². The van der Waals surface area contributed by atoms with Crippen LogP contribution in [0.5, 0.6) is 5.75 Å². The van der Waals surface area contributed by atoms with Gasteiger partial charge in [-0.2, -0.15) is 4.31 Å². The minimum absolute atomic E-state index is 0.363. The van der Waals surface area contributed by atoms with Crippen LogP contribution in [0.2, 0.25) is 0 Å². The predicted molar refractivity (Wildman–Crippen MR) is 102 cm³/mol. The Morgan fingerprint density at radius 1 is 1.12 bits per heavy atom. The van der Waals surface area contributed by atoms with E-state index in [9.17, 15) is 8.42 Å². The summed E-state index contributed by atoms with van der Waals surface area (Å²) >= 11 is 0. The summed E-state index contributed by atoms with van der Waals surface area (Å²) in [6.45, 7) is 4.60. The summed E-state index contributed by atoms with van der Waals surface area (Å²) in [4.78, 5) is 3.79. The van der Waals surface area contributed by atoms with Crippen LogP contribution in [0, 0.1) is 13.8 Å². The van der Waals surface area contributed by atoms with E-state index in [1.54, 1.807) is 17.5 Å². The normalized spacial score (nSPS) is 15.2. The number of nitrogens with one attached hydrogen (secondary N) is 1. The van der Waals surface area contributed by atoms with Crippen molar-refractivity contribution in [2.75, 3.05) is 13.7 Å². The van der Waals surface area contributed by atoms with Crippen molar-refractivity contribution in [3.05, 3.63) is 58.8 Å².